The van der Waals surface area contributed by atoms with Crippen LogP contribution in [-0.4, -0.2) is 66.9 Å². The third-order valence-electron chi connectivity index (χ3n) is 5.89. The average Bonchev–Trinajstić information content (AvgIpc) is 2.86. The number of anilines is 2. The standard InChI is InChI=1S/C26H26Br2ClN5O3/c1-32-8-10-34(11-9-32)24-22(12-19(28)15-30-24)31-25(35)26(36)33(2)16-17-6-7-18(27)13-23(17)37-21-5-3-4-20(29)14-21/h3-7,12-15H,8-11,16H2,1-2H3,(H,31,35). The van der Waals surface area contributed by atoms with E-state index in [9.17, 15) is 9.59 Å². The highest BCUT2D eigenvalue weighted by Gasteiger charge is 2.24. The number of nitrogens with one attached hydrogen (secondary N) is 1. The molecule has 0 bridgehead atoms. The summed E-state index contributed by atoms with van der Waals surface area (Å²) in [6, 6.07) is 14.3. The van der Waals surface area contributed by atoms with E-state index < -0.39 is 11.8 Å². The Bertz CT molecular complexity index is 1300. The van der Waals surface area contributed by atoms with Gasteiger partial charge >= 0.3 is 11.8 Å². The molecule has 1 fully saturated rings. The van der Waals surface area contributed by atoms with Crippen LogP contribution in [0, 0.1) is 0 Å². The van der Waals surface area contributed by atoms with Crippen LogP contribution in [0.4, 0.5) is 11.5 Å². The van der Waals surface area contributed by atoms with Gasteiger partial charge in [-0.3, -0.25) is 9.59 Å². The van der Waals surface area contributed by atoms with Crippen molar-refractivity contribution < 1.29 is 14.3 Å². The molecule has 1 aromatic heterocycles. The second kappa shape index (κ2) is 12.3. The molecule has 0 aliphatic carbocycles. The van der Waals surface area contributed by atoms with Gasteiger partial charge in [0, 0.05) is 65.5 Å². The number of hydrogen-bond acceptors (Lipinski definition) is 6. The summed E-state index contributed by atoms with van der Waals surface area (Å²) in [6.07, 6.45) is 1.69. The van der Waals surface area contributed by atoms with Crippen LogP contribution < -0.4 is 15.0 Å². The van der Waals surface area contributed by atoms with Gasteiger partial charge in [-0.1, -0.05) is 39.7 Å². The van der Waals surface area contributed by atoms with E-state index in [2.05, 4.69) is 59.0 Å². The van der Waals surface area contributed by atoms with Gasteiger partial charge in [-0.25, -0.2) is 4.98 Å². The average molecular weight is 652 g/mol. The monoisotopic (exact) mass is 649 g/mol. The van der Waals surface area contributed by atoms with Crippen LogP contribution in [0.25, 0.3) is 0 Å². The van der Waals surface area contributed by atoms with E-state index in [0.717, 1.165) is 36.2 Å². The molecule has 1 N–H and O–H groups in total. The van der Waals surface area contributed by atoms with Gasteiger partial charge in [-0.15, -0.1) is 0 Å². The van der Waals surface area contributed by atoms with E-state index in [1.54, 1.807) is 43.6 Å². The topological polar surface area (TPSA) is 78.0 Å². The highest BCUT2D eigenvalue weighted by atomic mass is 79.9. The Morgan fingerprint density at radius 2 is 1.84 bits per heavy atom. The summed E-state index contributed by atoms with van der Waals surface area (Å²) < 4.78 is 7.56. The van der Waals surface area contributed by atoms with E-state index in [1.807, 2.05) is 18.2 Å². The zero-order valence-electron chi connectivity index (χ0n) is 20.4. The smallest absolute Gasteiger partial charge is 0.314 e. The number of hydrogen-bond donors (Lipinski definition) is 1. The van der Waals surface area contributed by atoms with Gasteiger partial charge in [0.25, 0.3) is 0 Å². The molecular weight excluding hydrogens is 626 g/mol. The first-order valence-corrected chi connectivity index (χ1v) is 13.5. The number of halogens is 3. The first kappa shape index (κ1) is 27.4. The van der Waals surface area contributed by atoms with Gasteiger partial charge < -0.3 is 24.8 Å². The molecule has 0 unspecified atom stereocenters. The fourth-order valence-corrected chi connectivity index (χ4v) is 4.73. The number of rotatable bonds is 6. The second-order valence-electron chi connectivity index (χ2n) is 8.74. The first-order valence-electron chi connectivity index (χ1n) is 11.6. The predicted molar refractivity (Wildman–Crippen MR) is 152 cm³/mol. The summed E-state index contributed by atoms with van der Waals surface area (Å²) in [5, 5.41) is 3.32. The van der Waals surface area contributed by atoms with E-state index >= 15 is 0 Å². The lowest BCUT2D eigenvalue weighted by Gasteiger charge is -2.34. The molecule has 0 radical (unpaired) electrons. The minimum absolute atomic E-state index is 0.164. The lowest BCUT2D eigenvalue weighted by molar-refractivity contribution is -0.142. The molecule has 0 atom stereocenters. The Labute approximate surface area is 237 Å². The summed E-state index contributed by atoms with van der Waals surface area (Å²) in [6.45, 7) is 3.50. The highest BCUT2D eigenvalue weighted by Crippen LogP contribution is 2.31. The van der Waals surface area contributed by atoms with Crippen molar-refractivity contribution >= 4 is 66.8 Å². The Hall–Kier alpha value is -2.66. The minimum atomic E-state index is -0.743. The molecule has 0 spiro atoms. The number of carbonyl (C=O) groups is 2. The van der Waals surface area contributed by atoms with Crippen molar-refractivity contribution in [1.29, 1.82) is 0 Å². The Kier molecular flexibility index (Phi) is 9.07. The molecule has 11 heteroatoms. The van der Waals surface area contributed by atoms with Gasteiger partial charge in [0.2, 0.25) is 0 Å². The van der Waals surface area contributed by atoms with Crippen molar-refractivity contribution in [1.82, 2.24) is 14.8 Å². The number of ether oxygens (including phenoxy) is 1. The highest BCUT2D eigenvalue weighted by molar-refractivity contribution is 9.10. The van der Waals surface area contributed by atoms with Gasteiger partial charge in [0.1, 0.15) is 11.5 Å². The lowest BCUT2D eigenvalue weighted by Crippen LogP contribution is -2.45. The molecule has 194 valence electrons. The van der Waals surface area contributed by atoms with Crippen LogP contribution in [0.1, 0.15) is 5.56 Å². The number of nitrogens with zero attached hydrogens (tertiary/aromatic N) is 4. The van der Waals surface area contributed by atoms with E-state index in [-0.39, 0.29) is 6.54 Å². The van der Waals surface area contributed by atoms with E-state index in [0.29, 0.717) is 32.5 Å². The number of piperazine rings is 1. The number of pyridine rings is 1. The molecule has 1 saturated heterocycles. The molecule has 1 aliphatic rings. The lowest BCUT2D eigenvalue weighted by atomic mass is 10.2. The van der Waals surface area contributed by atoms with Crippen molar-refractivity contribution in [2.45, 2.75) is 6.54 Å². The predicted octanol–water partition coefficient (Wildman–Crippen LogP) is 5.40. The zero-order valence-corrected chi connectivity index (χ0v) is 24.3. The summed E-state index contributed by atoms with van der Waals surface area (Å²) in [5.41, 5.74) is 1.22. The fourth-order valence-electron chi connectivity index (χ4n) is 3.88. The molecule has 4 rings (SSSR count). The van der Waals surface area contributed by atoms with E-state index in [1.165, 1.54) is 4.90 Å². The fraction of sp³-hybridized carbons (Fsp3) is 0.269. The van der Waals surface area contributed by atoms with Gasteiger partial charge in [-0.05, 0) is 59.4 Å². The number of benzene rings is 2. The summed E-state index contributed by atoms with van der Waals surface area (Å²) in [5.74, 6) is 0.334. The van der Waals surface area contributed by atoms with E-state index in [4.69, 9.17) is 16.3 Å². The summed E-state index contributed by atoms with van der Waals surface area (Å²) in [7, 11) is 3.65. The molecule has 1 aliphatic heterocycles. The van der Waals surface area contributed by atoms with Crippen LogP contribution in [0.3, 0.4) is 0 Å². The van der Waals surface area contributed by atoms with Crippen LogP contribution in [0.5, 0.6) is 11.5 Å². The van der Waals surface area contributed by atoms with Crippen LogP contribution in [-0.2, 0) is 16.1 Å². The van der Waals surface area contributed by atoms with Crippen molar-refractivity contribution in [3.63, 3.8) is 0 Å². The second-order valence-corrected chi connectivity index (χ2v) is 11.0. The number of likely N-dealkylation sites (N-methyl/N-ethyl adjacent to an activating group) is 2. The summed E-state index contributed by atoms with van der Waals surface area (Å²) in [4.78, 5) is 36.2. The minimum Gasteiger partial charge on any atom is -0.457 e. The third-order valence-corrected chi connectivity index (χ3v) is 7.05. The van der Waals surface area contributed by atoms with Gasteiger partial charge in [0.05, 0.1) is 5.69 Å². The first-order chi connectivity index (χ1) is 17.7. The molecule has 2 aromatic carbocycles. The molecule has 2 heterocycles. The number of amides is 2. The molecule has 3 aromatic rings. The number of aromatic nitrogens is 1. The van der Waals surface area contributed by atoms with Crippen LogP contribution >= 0.6 is 43.5 Å². The maximum absolute atomic E-state index is 13.0. The molecule has 8 nitrogen and oxygen atoms in total. The van der Waals surface area contributed by atoms with Crippen molar-refractivity contribution in [3.8, 4) is 11.5 Å². The van der Waals surface area contributed by atoms with Crippen LogP contribution in [0.2, 0.25) is 5.02 Å². The van der Waals surface area contributed by atoms with Gasteiger partial charge in [-0.2, -0.15) is 0 Å². The van der Waals surface area contributed by atoms with Crippen molar-refractivity contribution in [3.05, 3.63) is 74.3 Å². The number of carbonyl (C=O) groups excluding carboxylic acids is 2. The Morgan fingerprint density at radius 1 is 1.08 bits per heavy atom. The Balaban J connectivity index is 1.47. The Morgan fingerprint density at radius 3 is 2.57 bits per heavy atom. The zero-order chi connectivity index (χ0) is 26.5. The molecule has 37 heavy (non-hydrogen) atoms. The quantitative estimate of drug-likeness (QED) is 0.360. The molecule has 0 saturated carbocycles. The molecular formula is C26H26Br2ClN5O3. The molecule has 2 amide bonds. The SMILES string of the molecule is CN1CCN(c2ncc(Br)cc2NC(=O)C(=O)N(C)Cc2ccc(Br)cc2Oc2cccc(Cl)c2)CC1. The maximum Gasteiger partial charge on any atom is 0.314 e. The normalized spacial score (nSPS) is 13.8. The van der Waals surface area contributed by atoms with Crippen LogP contribution in [0.15, 0.2) is 63.7 Å². The maximum atomic E-state index is 13.0. The van der Waals surface area contributed by atoms with Gasteiger partial charge in [0.15, 0.2) is 5.82 Å². The summed E-state index contributed by atoms with van der Waals surface area (Å²) >= 11 is 13.0. The van der Waals surface area contributed by atoms with Crippen molar-refractivity contribution in [2.75, 3.05) is 50.5 Å². The largest absolute Gasteiger partial charge is 0.457 e. The van der Waals surface area contributed by atoms with Crippen molar-refractivity contribution in [2.24, 2.45) is 0 Å². The third kappa shape index (κ3) is 7.22.